The van der Waals surface area contributed by atoms with Crippen LogP contribution in [0.5, 0.6) is 0 Å². The summed E-state index contributed by atoms with van der Waals surface area (Å²) in [5.74, 6) is 1.49. The van der Waals surface area contributed by atoms with Gasteiger partial charge in [-0.15, -0.1) is 0 Å². The van der Waals surface area contributed by atoms with Gasteiger partial charge in [0.2, 0.25) is 0 Å². The van der Waals surface area contributed by atoms with E-state index in [1.165, 1.54) is 0 Å². The second-order valence-corrected chi connectivity index (χ2v) is 6.66. The molecule has 17 heavy (non-hydrogen) atoms. The lowest BCUT2D eigenvalue weighted by Gasteiger charge is -2.40. The minimum absolute atomic E-state index is 0.159. The molecule has 0 aromatic rings. The third kappa shape index (κ3) is 3.62. The van der Waals surface area contributed by atoms with Crippen LogP contribution in [0.25, 0.3) is 0 Å². The molecule has 1 fully saturated rings. The second kappa shape index (κ2) is 5.28. The van der Waals surface area contributed by atoms with Gasteiger partial charge in [0.15, 0.2) is 0 Å². The number of amides is 2. The Labute approximate surface area is 106 Å². The molecule has 0 aromatic heterocycles. The van der Waals surface area contributed by atoms with Crippen LogP contribution in [0.15, 0.2) is 0 Å². The lowest BCUT2D eigenvalue weighted by Crippen LogP contribution is -2.45. The fourth-order valence-electron chi connectivity index (χ4n) is 2.58. The molecule has 3 heteroatoms. The first kappa shape index (κ1) is 14.3. The molecule has 1 heterocycles. The average molecular weight is 240 g/mol. The van der Waals surface area contributed by atoms with Gasteiger partial charge in [0.1, 0.15) is 0 Å². The van der Waals surface area contributed by atoms with E-state index in [1.807, 2.05) is 19.0 Å². The molecule has 2 amide bonds. The smallest absolute Gasteiger partial charge is 0.319 e. The van der Waals surface area contributed by atoms with Crippen molar-refractivity contribution in [2.24, 2.45) is 17.3 Å². The Kier molecular flexibility index (Phi) is 4.45. The van der Waals surface area contributed by atoms with Crippen LogP contribution in [0.4, 0.5) is 4.79 Å². The van der Waals surface area contributed by atoms with Crippen molar-refractivity contribution in [2.75, 3.05) is 27.2 Å². The van der Waals surface area contributed by atoms with Crippen LogP contribution in [0, 0.1) is 17.3 Å². The van der Waals surface area contributed by atoms with Crippen molar-refractivity contribution >= 4 is 6.03 Å². The summed E-state index contributed by atoms with van der Waals surface area (Å²) in [4.78, 5) is 15.5. The van der Waals surface area contributed by atoms with E-state index in [-0.39, 0.29) is 6.03 Å². The van der Waals surface area contributed by atoms with Crippen molar-refractivity contribution in [1.82, 2.24) is 9.80 Å². The first-order chi connectivity index (χ1) is 7.73. The maximum atomic E-state index is 11.8. The van der Waals surface area contributed by atoms with Gasteiger partial charge in [-0.05, 0) is 30.1 Å². The molecule has 1 rings (SSSR count). The summed E-state index contributed by atoms with van der Waals surface area (Å²) in [6.45, 7) is 11.1. The molecule has 1 aliphatic heterocycles. The van der Waals surface area contributed by atoms with E-state index in [1.54, 1.807) is 4.90 Å². The van der Waals surface area contributed by atoms with E-state index in [2.05, 4.69) is 27.7 Å². The number of carbonyl (C=O) groups excluding carboxylic acids is 1. The molecule has 1 atom stereocenters. The Balaban J connectivity index is 2.49. The highest BCUT2D eigenvalue weighted by molar-refractivity contribution is 5.73. The summed E-state index contributed by atoms with van der Waals surface area (Å²) in [5, 5.41) is 0. The van der Waals surface area contributed by atoms with Crippen LogP contribution in [0.1, 0.15) is 40.5 Å². The van der Waals surface area contributed by atoms with Gasteiger partial charge in [0.05, 0.1) is 0 Å². The summed E-state index contributed by atoms with van der Waals surface area (Å²) in [6, 6.07) is 0.159. The number of rotatable bonds is 1. The molecule has 0 N–H and O–H groups in total. The third-order valence-electron chi connectivity index (χ3n) is 4.27. The second-order valence-electron chi connectivity index (χ2n) is 6.66. The van der Waals surface area contributed by atoms with E-state index < -0.39 is 0 Å². The Hall–Kier alpha value is -0.730. The van der Waals surface area contributed by atoms with Gasteiger partial charge in [-0.1, -0.05) is 27.7 Å². The van der Waals surface area contributed by atoms with Crippen molar-refractivity contribution < 1.29 is 4.79 Å². The van der Waals surface area contributed by atoms with E-state index in [0.29, 0.717) is 5.41 Å². The van der Waals surface area contributed by atoms with E-state index in [0.717, 1.165) is 37.8 Å². The summed E-state index contributed by atoms with van der Waals surface area (Å²) in [7, 11) is 3.65. The van der Waals surface area contributed by atoms with Crippen molar-refractivity contribution in [3.8, 4) is 0 Å². The number of hydrogen-bond acceptors (Lipinski definition) is 1. The Bertz CT molecular complexity index is 260. The molecule has 3 nitrogen and oxygen atoms in total. The maximum Gasteiger partial charge on any atom is 0.319 e. The van der Waals surface area contributed by atoms with Gasteiger partial charge in [0.25, 0.3) is 0 Å². The lowest BCUT2D eigenvalue weighted by atomic mass is 9.71. The Morgan fingerprint density at radius 3 is 2.06 bits per heavy atom. The molecule has 100 valence electrons. The number of urea groups is 1. The molecular weight excluding hydrogens is 212 g/mol. The monoisotopic (exact) mass is 240 g/mol. The molecule has 1 aliphatic rings. The average Bonchev–Trinajstić information content (AvgIpc) is 2.26. The van der Waals surface area contributed by atoms with Crippen molar-refractivity contribution in [2.45, 2.75) is 40.5 Å². The summed E-state index contributed by atoms with van der Waals surface area (Å²) < 4.78 is 0. The van der Waals surface area contributed by atoms with Crippen LogP contribution < -0.4 is 0 Å². The zero-order chi connectivity index (χ0) is 13.2. The van der Waals surface area contributed by atoms with Crippen LogP contribution in [-0.2, 0) is 0 Å². The summed E-state index contributed by atoms with van der Waals surface area (Å²) >= 11 is 0. The minimum Gasteiger partial charge on any atom is -0.331 e. The number of carbonyl (C=O) groups is 1. The highest BCUT2D eigenvalue weighted by Crippen LogP contribution is 2.36. The SMILES string of the molecule is CC(C1CCN(C(=O)N(C)C)CC1)C(C)(C)C. The molecule has 1 unspecified atom stereocenters. The molecular formula is C14H28N2O. The largest absolute Gasteiger partial charge is 0.331 e. The van der Waals surface area contributed by atoms with Gasteiger partial charge in [-0.3, -0.25) is 0 Å². The highest BCUT2D eigenvalue weighted by Gasteiger charge is 2.32. The molecule has 0 radical (unpaired) electrons. The fraction of sp³-hybridized carbons (Fsp3) is 0.929. The first-order valence-corrected chi connectivity index (χ1v) is 6.69. The number of nitrogens with zero attached hydrogens (tertiary/aromatic N) is 2. The normalized spacial score (nSPS) is 20.2. The summed E-state index contributed by atoms with van der Waals surface area (Å²) in [5.41, 5.74) is 0.373. The lowest BCUT2D eigenvalue weighted by molar-refractivity contribution is 0.0986. The summed E-state index contributed by atoms with van der Waals surface area (Å²) in [6.07, 6.45) is 2.30. The molecule has 0 saturated carbocycles. The van der Waals surface area contributed by atoms with Gasteiger partial charge >= 0.3 is 6.03 Å². The van der Waals surface area contributed by atoms with Crippen molar-refractivity contribution in [3.05, 3.63) is 0 Å². The number of likely N-dealkylation sites (tertiary alicyclic amines) is 1. The van der Waals surface area contributed by atoms with E-state index in [9.17, 15) is 4.79 Å². The van der Waals surface area contributed by atoms with Gasteiger partial charge in [0, 0.05) is 27.2 Å². The van der Waals surface area contributed by atoms with Crippen molar-refractivity contribution in [1.29, 1.82) is 0 Å². The Morgan fingerprint density at radius 1 is 1.24 bits per heavy atom. The third-order valence-corrected chi connectivity index (χ3v) is 4.27. The Morgan fingerprint density at radius 2 is 1.71 bits per heavy atom. The minimum atomic E-state index is 0.159. The molecule has 0 aliphatic carbocycles. The fourth-order valence-corrected chi connectivity index (χ4v) is 2.58. The quantitative estimate of drug-likeness (QED) is 0.691. The van der Waals surface area contributed by atoms with E-state index in [4.69, 9.17) is 0 Å². The zero-order valence-corrected chi connectivity index (χ0v) is 12.3. The van der Waals surface area contributed by atoms with Crippen LogP contribution in [0.3, 0.4) is 0 Å². The molecule has 0 spiro atoms. The van der Waals surface area contributed by atoms with Crippen LogP contribution >= 0.6 is 0 Å². The van der Waals surface area contributed by atoms with E-state index >= 15 is 0 Å². The van der Waals surface area contributed by atoms with Crippen LogP contribution in [0.2, 0.25) is 0 Å². The predicted molar refractivity (Wildman–Crippen MR) is 72.0 cm³/mol. The predicted octanol–water partition coefficient (Wildman–Crippen LogP) is 3.06. The van der Waals surface area contributed by atoms with Crippen LogP contribution in [-0.4, -0.2) is 43.0 Å². The topological polar surface area (TPSA) is 23.6 Å². The highest BCUT2D eigenvalue weighted by atomic mass is 16.2. The molecule has 1 saturated heterocycles. The zero-order valence-electron chi connectivity index (χ0n) is 12.3. The number of hydrogen-bond donors (Lipinski definition) is 0. The maximum absolute atomic E-state index is 11.8. The molecule has 0 aromatic carbocycles. The first-order valence-electron chi connectivity index (χ1n) is 6.69. The van der Waals surface area contributed by atoms with Gasteiger partial charge in [-0.2, -0.15) is 0 Å². The standard InChI is InChI=1S/C14H28N2O/c1-11(14(2,3)4)12-7-9-16(10-8-12)13(17)15(5)6/h11-12H,7-10H2,1-6H3. The molecule has 0 bridgehead atoms. The van der Waals surface area contributed by atoms with Gasteiger partial charge < -0.3 is 9.80 Å². The number of piperidine rings is 1. The van der Waals surface area contributed by atoms with Crippen molar-refractivity contribution in [3.63, 3.8) is 0 Å². The van der Waals surface area contributed by atoms with Gasteiger partial charge in [-0.25, -0.2) is 4.79 Å².